The van der Waals surface area contributed by atoms with E-state index < -0.39 is 0 Å². The molecule has 2 heterocycles. The summed E-state index contributed by atoms with van der Waals surface area (Å²) in [6.07, 6.45) is 6.68. The number of amides is 2. The van der Waals surface area contributed by atoms with E-state index in [-0.39, 0.29) is 6.03 Å². The number of anilines is 1. The van der Waals surface area contributed by atoms with Gasteiger partial charge in [-0.15, -0.1) is 0 Å². The van der Waals surface area contributed by atoms with Gasteiger partial charge in [-0.3, -0.25) is 4.68 Å². The summed E-state index contributed by atoms with van der Waals surface area (Å²) in [7, 11) is 1.90. The van der Waals surface area contributed by atoms with Gasteiger partial charge in [0.25, 0.3) is 0 Å². The van der Waals surface area contributed by atoms with Gasteiger partial charge in [0.1, 0.15) is 0 Å². The number of benzene rings is 1. The minimum atomic E-state index is 0.00107. The van der Waals surface area contributed by atoms with E-state index in [1.165, 1.54) is 19.3 Å². The van der Waals surface area contributed by atoms with E-state index in [2.05, 4.69) is 10.4 Å². The summed E-state index contributed by atoms with van der Waals surface area (Å²) in [4.78, 5) is 14.6. The molecule has 2 aromatic rings. The molecule has 2 amide bonds. The molecule has 1 N–H and O–H groups in total. The maximum Gasteiger partial charge on any atom is 0.321 e. The number of likely N-dealkylation sites (tertiary alicyclic amines) is 1. The SMILES string of the molecule is Cn1ncc(NC(=O)N2CCCC3(CC3)C2)c1-c1ccccc1. The topological polar surface area (TPSA) is 50.2 Å². The van der Waals surface area contributed by atoms with Crippen LogP contribution in [0.4, 0.5) is 10.5 Å². The molecule has 1 saturated heterocycles. The zero-order valence-electron chi connectivity index (χ0n) is 13.5. The second kappa shape index (κ2) is 5.41. The number of hydrogen-bond donors (Lipinski definition) is 1. The van der Waals surface area contributed by atoms with Gasteiger partial charge in [-0.05, 0) is 31.1 Å². The summed E-state index contributed by atoms with van der Waals surface area (Å²) in [5.41, 5.74) is 3.21. The molecule has 5 nitrogen and oxygen atoms in total. The summed E-state index contributed by atoms with van der Waals surface area (Å²) in [5, 5.41) is 7.38. The van der Waals surface area contributed by atoms with Gasteiger partial charge >= 0.3 is 6.03 Å². The van der Waals surface area contributed by atoms with E-state index in [1.807, 2.05) is 47.0 Å². The molecule has 2 fully saturated rings. The van der Waals surface area contributed by atoms with Crippen molar-refractivity contribution in [2.75, 3.05) is 18.4 Å². The van der Waals surface area contributed by atoms with Crippen molar-refractivity contribution in [3.05, 3.63) is 36.5 Å². The molecule has 5 heteroatoms. The summed E-state index contributed by atoms with van der Waals surface area (Å²) < 4.78 is 1.81. The highest BCUT2D eigenvalue weighted by Crippen LogP contribution is 2.52. The molecule has 1 saturated carbocycles. The first-order chi connectivity index (χ1) is 11.2. The van der Waals surface area contributed by atoms with Crippen LogP contribution in [0.2, 0.25) is 0 Å². The number of rotatable bonds is 2. The lowest BCUT2D eigenvalue weighted by Crippen LogP contribution is -2.43. The fraction of sp³-hybridized carbons (Fsp3) is 0.444. The smallest absolute Gasteiger partial charge is 0.321 e. The molecule has 120 valence electrons. The molecule has 1 aliphatic heterocycles. The van der Waals surface area contributed by atoms with E-state index in [4.69, 9.17) is 0 Å². The summed E-state index contributed by atoms with van der Waals surface area (Å²) >= 11 is 0. The summed E-state index contributed by atoms with van der Waals surface area (Å²) in [6.45, 7) is 1.76. The third kappa shape index (κ3) is 2.71. The van der Waals surface area contributed by atoms with Crippen LogP contribution < -0.4 is 5.32 Å². The third-order valence-corrected chi connectivity index (χ3v) is 5.13. The lowest BCUT2D eigenvalue weighted by molar-refractivity contribution is 0.170. The molecular weight excluding hydrogens is 288 g/mol. The van der Waals surface area contributed by atoms with E-state index in [9.17, 15) is 4.79 Å². The van der Waals surface area contributed by atoms with Gasteiger partial charge in [-0.25, -0.2) is 4.79 Å². The Morgan fingerprint density at radius 3 is 2.74 bits per heavy atom. The van der Waals surface area contributed by atoms with E-state index >= 15 is 0 Å². The quantitative estimate of drug-likeness (QED) is 0.923. The molecule has 1 spiro atoms. The number of carbonyl (C=O) groups excluding carboxylic acids is 1. The number of carbonyl (C=O) groups is 1. The van der Waals surface area contributed by atoms with E-state index in [0.717, 1.165) is 36.5 Å². The normalized spacial score (nSPS) is 18.9. The predicted molar refractivity (Wildman–Crippen MR) is 90.1 cm³/mol. The molecule has 1 aromatic heterocycles. The van der Waals surface area contributed by atoms with Gasteiger partial charge in [0.05, 0.1) is 17.6 Å². The van der Waals surface area contributed by atoms with Crippen LogP contribution in [0.1, 0.15) is 25.7 Å². The maximum atomic E-state index is 12.7. The highest BCUT2D eigenvalue weighted by molar-refractivity contribution is 5.93. The Morgan fingerprint density at radius 2 is 2.00 bits per heavy atom. The molecule has 0 unspecified atom stereocenters. The van der Waals surface area contributed by atoms with Crippen LogP contribution in [0.3, 0.4) is 0 Å². The first-order valence-corrected chi connectivity index (χ1v) is 8.30. The van der Waals surface area contributed by atoms with Crippen molar-refractivity contribution in [2.24, 2.45) is 12.5 Å². The Morgan fingerprint density at radius 1 is 1.22 bits per heavy atom. The Labute approximate surface area is 136 Å². The fourth-order valence-corrected chi connectivity index (χ4v) is 3.63. The van der Waals surface area contributed by atoms with Gasteiger partial charge in [-0.2, -0.15) is 5.10 Å². The second-order valence-electron chi connectivity index (χ2n) is 6.85. The zero-order valence-corrected chi connectivity index (χ0v) is 13.5. The van der Waals surface area contributed by atoms with Gasteiger partial charge in [0.2, 0.25) is 0 Å². The van der Waals surface area contributed by atoms with Crippen LogP contribution >= 0.6 is 0 Å². The van der Waals surface area contributed by atoms with E-state index in [0.29, 0.717) is 5.41 Å². The standard InChI is InChI=1S/C18H22N4O/c1-21-16(14-6-3-2-4-7-14)15(12-19-21)20-17(23)22-11-5-8-18(13-22)9-10-18/h2-4,6-7,12H,5,8-11,13H2,1H3,(H,20,23). The van der Waals surface area contributed by atoms with Gasteiger partial charge in [0, 0.05) is 25.7 Å². The number of nitrogens with one attached hydrogen (secondary N) is 1. The molecule has 1 aromatic carbocycles. The monoisotopic (exact) mass is 310 g/mol. The summed E-state index contributed by atoms with van der Waals surface area (Å²) in [5.74, 6) is 0. The number of urea groups is 1. The minimum Gasteiger partial charge on any atom is -0.324 e. The number of piperidine rings is 1. The lowest BCUT2D eigenvalue weighted by Gasteiger charge is -2.32. The molecule has 0 radical (unpaired) electrons. The number of aryl methyl sites for hydroxylation is 1. The van der Waals surface area contributed by atoms with E-state index in [1.54, 1.807) is 6.20 Å². The van der Waals surface area contributed by atoms with Crippen molar-refractivity contribution in [1.82, 2.24) is 14.7 Å². The Kier molecular flexibility index (Phi) is 3.36. The zero-order chi connectivity index (χ0) is 15.9. The van der Waals surface area contributed by atoms with Crippen molar-refractivity contribution in [1.29, 1.82) is 0 Å². The maximum absolute atomic E-state index is 12.7. The number of aromatic nitrogens is 2. The van der Waals surface area contributed by atoms with Crippen molar-refractivity contribution in [2.45, 2.75) is 25.7 Å². The van der Waals surface area contributed by atoms with Gasteiger partial charge in [0.15, 0.2) is 0 Å². The first kappa shape index (κ1) is 14.3. The average Bonchev–Trinajstić information content (AvgIpc) is 3.21. The molecule has 23 heavy (non-hydrogen) atoms. The van der Waals surface area contributed by atoms with Crippen LogP contribution in [0.5, 0.6) is 0 Å². The molecule has 4 rings (SSSR count). The number of hydrogen-bond acceptors (Lipinski definition) is 2. The molecule has 2 aliphatic rings. The minimum absolute atomic E-state index is 0.00107. The predicted octanol–water partition coefficient (Wildman–Crippen LogP) is 3.50. The Hall–Kier alpha value is -2.30. The third-order valence-electron chi connectivity index (χ3n) is 5.13. The lowest BCUT2D eigenvalue weighted by atomic mass is 9.95. The largest absolute Gasteiger partial charge is 0.324 e. The van der Waals surface area contributed by atoms with Gasteiger partial charge < -0.3 is 10.2 Å². The summed E-state index contributed by atoms with van der Waals surface area (Å²) in [6, 6.07) is 10.0. The van der Waals surface area contributed by atoms with Crippen molar-refractivity contribution < 1.29 is 4.79 Å². The van der Waals surface area contributed by atoms with Crippen LogP contribution in [0, 0.1) is 5.41 Å². The van der Waals surface area contributed by atoms with Crippen LogP contribution in [-0.2, 0) is 7.05 Å². The molecule has 0 bridgehead atoms. The highest BCUT2D eigenvalue weighted by atomic mass is 16.2. The molecule has 1 aliphatic carbocycles. The Balaban J connectivity index is 1.54. The van der Waals surface area contributed by atoms with Gasteiger partial charge in [-0.1, -0.05) is 30.3 Å². The molecule has 0 atom stereocenters. The first-order valence-electron chi connectivity index (χ1n) is 8.30. The van der Waals surface area contributed by atoms with Crippen LogP contribution in [-0.4, -0.2) is 33.8 Å². The average molecular weight is 310 g/mol. The van der Waals surface area contributed by atoms with Crippen LogP contribution in [0.15, 0.2) is 36.5 Å². The van der Waals surface area contributed by atoms with Crippen molar-refractivity contribution in [3.63, 3.8) is 0 Å². The fourth-order valence-electron chi connectivity index (χ4n) is 3.63. The van der Waals surface area contributed by atoms with Crippen LogP contribution in [0.25, 0.3) is 11.3 Å². The molecular formula is C18H22N4O. The van der Waals surface area contributed by atoms with Crippen molar-refractivity contribution in [3.8, 4) is 11.3 Å². The highest BCUT2D eigenvalue weighted by Gasteiger charge is 2.46. The number of nitrogens with zero attached hydrogens (tertiary/aromatic N) is 3. The van der Waals surface area contributed by atoms with Crippen molar-refractivity contribution >= 4 is 11.7 Å². The second-order valence-corrected chi connectivity index (χ2v) is 6.85. The Bertz CT molecular complexity index is 718.